The maximum Gasteiger partial charge on any atom is 0.0714 e. The summed E-state index contributed by atoms with van der Waals surface area (Å²) >= 11 is 0. The molecule has 4 fully saturated rings. The topological polar surface area (TPSA) is 29.5 Å². The fourth-order valence-corrected chi connectivity index (χ4v) is 5.00. The van der Waals surface area contributed by atoms with Crippen molar-refractivity contribution in [2.24, 2.45) is 11.3 Å². The Kier molecular flexibility index (Phi) is 1.54. The highest BCUT2D eigenvalue weighted by atomic mass is 16.5. The summed E-state index contributed by atoms with van der Waals surface area (Å²) in [5.41, 5.74) is -0.0305. The Hall–Kier alpha value is -0.0800. The van der Waals surface area contributed by atoms with Gasteiger partial charge in [-0.3, -0.25) is 0 Å². The Labute approximate surface area is 85.6 Å². The molecule has 4 aliphatic rings. The molecule has 0 aromatic carbocycles. The van der Waals surface area contributed by atoms with Gasteiger partial charge in [-0.05, 0) is 43.4 Å². The van der Waals surface area contributed by atoms with Crippen molar-refractivity contribution in [3.8, 4) is 0 Å². The van der Waals surface area contributed by atoms with Crippen LogP contribution >= 0.6 is 0 Å². The van der Waals surface area contributed by atoms with E-state index in [1.54, 1.807) is 0 Å². The van der Waals surface area contributed by atoms with E-state index < -0.39 is 5.60 Å². The number of ether oxygens (including phenoxy) is 1. The van der Waals surface area contributed by atoms with Crippen LogP contribution in [0.5, 0.6) is 0 Å². The maximum absolute atomic E-state index is 10.5. The first kappa shape index (κ1) is 9.17. The molecule has 14 heavy (non-hydrogen) atoms. The molecule has 0 radical (unpaired) electrons. The Bertz CT molecular complexity index is 255. The number of hydrogen-bond acceptors (Lipinski definition) is 2. The van der Waals surface area contributed by atoms with E-state index >= 15 is 0 Å². The third-order valence-electron chi connectivity index (χ3n) is 4.70. The van der Waals surface area contributed by atoms with Crippen molar-refractivity contribution in [1.29, 1.82) is 0 Å². The van der Waals surface area contributed by atoms with Crippen LogP contribution in [-0.4, -0.2) is 23.4 Å². The predicted octanol–water partition coefficient (Wildman–Crippen LogP) is 2.11. The zero-order valence-electron chi connectivity index (χ0n) is 9.18. The third-order valence-corrected chi connectivity index (χ3v) is 4.70. The average Bonchev–Trinajstić information content (AvgIpc) is 1.97. The quantitative estimate of drug-likeness (QED) is 0.696. The van der Waals surface area contributed by atoms with Crippen molar-refractivity contribution >= 4 is 0 Å². The van der Waals surface area contributed by atoms with Crippen LogP contribution < -0.4 is 0 Å². The maximum atomic E-state index is 10.5. The van der Waals surface area contributed by atoms with E-state index in [1.807, 2.05) is 7.11 Å². The molecule has 0 spiro atoms. The molecular weight excluding hydrogens is 176 g/mol. The van der Waals surface area contributed by atoms with Crippen molar-refractivity contribution in [3.05, 3.63) is 0 Å². The standard InChI is InChI=1S/C12H20O2/c1-10-3-9-4-11(13,6-10)8-12(5-9,7-10)14-2/h9,13H,3-8H2,1-2H3. The van der Waals surface area contributed by atoms with Gasteiger partial charge in [0.2, 0.25) is 0 Å². The second-order valence-electron chi connectivity index (χ2n) is 6.43. The molecule has 0 amide bonds. The van der Waals surface area contributed by atoms with Crippen molar-refractivity contribution < 1.29 is 9.84 Å². The normalized spacial score (nSPS) is 60.6. The first-order chi connectivity index (χ1) is 6.47. The molecular formula is C12H20O2. The summed E-state index contributed by atoms with van der Waals surface area (Å²) < 4.78 is 5.72. The van der Waals surface area contributed by atoms with Crippen molar-refractivity contribution in [2.75, 3.05) is 7.11 Å². The highest BCUT2D eigenvalue weighted by Crippen LogP contribution is 2.63. The molecule has 0 heterocycles. The van der Waals surface area contributed by atoms with Crippen LogP contribution in [-0.2, 0) is 4.74 Å². The van der Waals surface area contributed by atoms with Gasteiger partial charge in [0.25, 0.3) is 0 Å². The van der Waals surface area contributed by atoms with E-state index in [-0.39, 0.29) is 5.60 Å². The van der Waals surface area contributed by atoms with Gasteiger partial charge in [0.15, 0.2) is 0 Å². The summed E-state index contributed by atoms with van der Waals surface area (Å²) in [5, 5.41) is 10.5. The third kappa shape index (κ3) is 1.10. The largest absolute Gasteiger partial charge is 0.390 e. The molecule has 4 saturated carbocycles. The summed E-state index contributed by atoms with van der Waals surface area (Å²) in [6.45, 7) is 2.33. The first-order valence-corrected chi connectivity index (χ1v) is 5.74. The summed E-state index contributed by atoms with van der Waals surface area (Å²) in [4.78, 5) is 0. The van der Waals surface area contributed by atoms with Crippen LogP contribution in [0.3, 0.4) is 0 Å². The minimum Gasteiger partial charge on any atom is -0.390 e. The zero-order chi connectivity index (χ0) is 10.0. The molecule has 80 valence electrons. The minimum atomic E-state index is -0.399. The van der Waals surface area contributed by atoms with Gasteiger partial charge < -0.3 is 9.84 Å². The summed E-state index contributed by atoms with van der Waals surface area (Å²) in [6, 6.07) is 0. The van der Waals surface area contributed by atoms with Crippen LogP contribution in [0.1, 0.15) is 45.4 Å². The van der Waals surface area contributed by atoms with E-state index in [2.05, 4.69) is 6.92 Å². The first-order valence-electron chi connectivity index (χ1n) is 5.74. The molecule has 1 N–H and O–H groups in total. The van der Waals surface area contributed by atoms with Gasteiger partial charge in [-0.1, -0.05) is 6.92 Å². The lowest BCUT2D eigenvalue weighted by Crippen LogP contribution is -2.62. The van der Waals surface area contributed by atoms with Gasteiger partial charge in [0, 0.05) is 13.5 Å². The number of rotatable bonds is 1. The number of methoxy groups -OCH3 is 1. The van der Waals surface area contributed by atoms with E-state index in [4.69, 9.17) is 4.74 Å². The highest BCUT2D eigenvalue weighted by molar-refractivity contribution is 5.13. The van der Waals surface area contributed by atoms with Gasteiger partial charge >= 0.3 is 0 Å². The number of aliphatic hydroxyl groups is 1. The minimum absolute atomic E-state index is 0.0168. The molecule has 4 bridgehead atoms. The van der Waals surface area contributed by atoms with Gasteiger partial charge in [-0.15, -0.1) is 0 Å². The van der Waals surface area contributed by atoms with E-state index in [9.17, 15) is 5.11 Å². The van der Waals surface area contributed by atoms with Crippen molar-refractivity contribution in [1.82, 2.24) is 0 Å². The number of hydrogen-bond donors (Lipinski definition) is 1. The second-order valence-corrected chi connectivity index (χ2v) is 6.43. The summed E-state index contributed by atoms with van der Waals surface area (Å²) in [6.07, 6.45) is 6.55. The monoisotopic (exact) mass is 196 g/mol. The molecule has 0 aromatic heterocycles. The van der Waals surface area contributed by atoms with E-state index in [0.29, 0.717) is 11.3 Å². The molecule has 2 heteroatoms. The fraction of sp³-hybridized carbons (Fsp3) is 1.00. The van der Waals surface area contributed by atoms with Crippen LogP contribution in [0.2, 0.25) is 0 Å². The van der Waals surface area contributed by atoms with Gasteiger partial charge in [0.05, 0.1) is 11.2 Å². The molecule has 4 unspecified atom stereocenters. The Balaban J connectivity index is 2.01. The zero-order valence-corrected chi connectivity index (χ0v) is 9.18. The van der Waals surface area contributed by atoms with E-state index in [1.165, 1.54) is 12.8 Å². The smallest absolute Gasteiger partial charge is 0.0714 e. The molecule has 4 aliphatic carbocycles. The van der Waals surface area contributed by atoms with Crippen LogP contribution in [0.25, 0.3) is 0 Å². The van der Waals surface area contributed by atoms with Crippen LogP contribution in [0.15, 0.2) is 0 Å². The highest BCUT2D eigenvalue weighted by Gasteiger charge is 2.61. The van der Waals surface area contributed by atoms with Crippen LogP contribution in [0.4, 0.5) is 0 Å². The van der Waals surface area contributed by atoms with Gasteiger partial charge in [-0.2, -0.15) is 0 Å². The average molecular weight is 196 g/mol. The molecule has 0 saturated heterocycles. The van der Waals surface area contributed by atoms with Crippen molar-refractivity contribution in [2.45, 2.75) is 56.7 Å². The summed E-state index contributed by atoms with van der Waals surface area (Å²) in [5.74, 6) is 0.709. The SMILES string of the molecule is COC12CC3CC(C)(CC(O)(C3)C1)C2. The molecule has 0 aliphatic heterocycles. The Morgan fingerprint density at radius 3 is 2.50 bits per heavy atom. The second kappa shape index (κ2) is 2.35. The lowest BCUT2D eigenvalue weighted by Gasteiger charge is -2.63. The lowest BCUT2D eigenvalue weighted by atomic mass is 9.47. The van der Waals surface area contributed by atoms with E-state index in [0.717, 1.165) is 25.7 Å². The summed E-state index contributed by atoms with van der Waals surface area (Å²) in [7, 11) is 1.82. The van der Waals surface area contributed by atoms with Crippen LogP contribution in [0, 0.1) is 11.3 Å². The molecule has 2 nitrogen and oxygen atoms in total. The Morgan fingerprint density at radius 2 is 1.93 bits per heavy atom. The molecule has 0 aromatic rings. The van der Waals surface area contributed by atoms with Gasteiger partial charge in [0.1, 0.15) is 0 Å². The molecule has 4 rings (SSSR count). The fourth-order valence-electron chi connectivity index (χ4n) is 5.00. The van der Waals surface area contributed by atoms with Gasteiger partial charge in [-0.25, -0.2) is 0 Å². The molecule has 4 atom stereocenters. The van der Waals surface area contributed by atoms with Crippen molar-refractivity contribution in [3.63, 3.8) is 0 Å². The lowest BCUT2D eigenvalue weighted by molar-refractivity contribution is -0.235. The Morgan fingerprint density at radius 1 is 1.14 bits per heavy atom. The predicted molar refractivity (Wildman–Crippen MR) is 54.0 cm³/mol.